The number of hydrogen-bond donors (Lipinski definition) is 1. The van der Waals surface area contributed by atoms with Crippen molar-refractivity contribution >= 4 is 37.5 Å². The van der Waals surface area contributed by atoms with Gasteiger partial charge in [-0.05, 0) is 55.3 Å². The number of aryl methyl sites for hydroxylation is 2. The van der Waals surface area contributed by atoms with Crippen molar-refractivity contribution in [3.05, 3.63) is 58.1 Å². The van der Waals surface area contributed by atoms with Crippen LogP contribution in [0.4, 0.5) is 5.69 Å². The molecule has 2 aromatic carbocycles. The molecular weight excluding hydrogens is 392 g/mol. The summed E-state index contributed by atoms with van der Waals surface area (Å²) in [5.41, 5.74) is 2.12. The number of rotatable bonds is 5. The molecule has 0 saturated heterocycles. The Balaban J connectivity index is 2.12. The Morgan fingerprint density at radius 2 is 1.75 bits per heavy atom. The number of anilines is 1. The molecule has 0 aliphatic carbocycles. The van der Waals surface area contributed by atoms with Gasteiger partial charge in [0.25, 0.3) is 0 Å². The molecule has 0 bridgehead atoms. The van der Waals surface area contributed by atoms with Crippen molar-refractivity contribution in [1.29, 1.82) is 0 Å². The zero-order chi connectivity index (χ0) is 17.9. The van der Waals surface area contributed by atoms with Crippen LogP contribution >= 0.6 is 15.9 Å². The summed E-state index contributed by atoms with van der Waals surface area (Å²) in [6.07, 6.45) is 0. The van der Waals surface area contributed by atoms with Gasteiger partial charge in [-0.3, -0.25) is 4.79 Å². The van der Waals surface area contributed by atoms with Crippen molar-refractivity contribution in [3.63, 3.8) is 0 Å². The highest BCUT2D eigenvalue weighted by Crippen LogP contribution is 2.20. The average molecular weight is 411 g/mol. The maximum Gasteiger partial charge on any atom is 0.243 e. The van der Waals surface area contributed by atoms with Crippen LogP contribution in [0.25, 0.3) is 0 Å². The fraction of sp³-hybridized carbons (Fsp3) is 0.235. The van der Waals surface area contributed by atoms with Crippen LogP contribution in [0.2, 0.25) is 0 Å². The number of sulfonamides is 1. The van der Waals surface area contributed by atoms with E-state index < -0.39 is 15.9 Å². The summed E-state index contributed by atoms with van der Waals surface area (Å²) in [4.78, 5) is 12.3. The van der Waals surface area contributed by atoms with Gasteiger partial charge in [0, 0.05) is 17.2 Å². The van der Waals surface area contributed by atoms with E-state index in [0.717, 1.165) is 14.3 Å². The lowest BCUT2D eigenvalue weighted by Crippen LogP contribution is -2.35. The van der Waals surface area contributed by atoms with E-state index >= 15 is 0 Å². The molecule has 128 valence electrons. The molecule has 0 aliphatic rings. The molecule has 0 unspecified atom stereocenters. The normalized spacial score (nSPS) is 11.5. The second-order valence-electron chi connectivity index (χ2n) is 5.59. The second-order valence-corrected chi connectivity index (χ2v) is 8.51. The van der Waals surface area contributed by atoms with Crippen LogP contribution in [0.15, 0.2) is 51.8 Å². The van der Waals surface area contributed by atoms with Gasteiger partial charge in [0.15, 0.2) is 0 Å². The quantitative estimate of drug-likeness (QED) is 0.821. The van der Waals surface area contributed by atoms with Crippen molar-refractivity contribution in [2.24, 2.45) is 0 Å². The zero-order valence-corrected chi connectivity index (χ0v) is 16.1. The lowest BCUT2D eigenvalue weighted by Gasteiger charge is -2.18. The van der Waals surface area contributed by atoms with Crippen LogP contribution in [0.3, 0.4) is 0 Å². The first kappa shape index (κ1) is 18.6. The van der Waals surface area contributed by atoms with Crippen molar-refractivity contribution in [2.45, 2.75) is 18.7 Å². The molecule has 0 aliphatic heterocycles. The highest BCUT2D eigenvalue weighted by molar-refractivity contribution is 9.10. The monoisotopic (exact) mass is 410 g/mol. The molecule has 0 fully saturated rings. The number of nitrogens with zero attached hydrogens (tertiary/aromatic N) is 1. The van der Waals surface area contributed by atoms with E-state index in [-0.39, 0.29) is 11.4 Å². The summed E-state index contributed by atoms with van der Waals surface area (Å²) < 4.78 is 27.3. The number of carbonyl (C=O) groups is 1. The number of hydrogen-bond acceptors (Lipinski definition) is 3. The Kier molecular flexibility index (Phi) is 5.79. The smallest absolute Gasteiger partial charge is 0.243 e. The van der Waals surface area contributed by atoms with Crippen LogP contribution in [-0.2, 0) is 14.8 Å². The number of amides is 1. The van der Waals surface area contributed by atoms with Crippen LogP contribution in [0.5, 0.6) is 0 Å². The first-order valence-corrected chi connectivity index (χ1v) is 9.52. The number of benzene rings is 2. The molecule has 1 amide bonds. The number of nitrogens with one attached hydrogen (secondary N) is 1. The summed E-state index contributed by atoms with van der Waals surface area (Å²) in [6.45, 7) is 3.31. The van der Waals surface area contributed by atoms with E-state index in [1.807, 2.05) is 13.0 Å². The lowest BCUT2D eigenvalue weighted by atomic mass is 10.2. The molecule has 1 N–H and O–H groups in total. The van der Waals surface area contributed by atoms with E-state index in [2.05, 4.69) is 21.2 Å². The van der Waals surface area contributed by atoms with E-state index in [1.165, 1.54) is 7.05 Å². The van der Waals surface area contributed by atoms with E-state index in [0.29, 0.717) is 11.3 Å². The maximum absolute atomic E-state index is 12.7. The van der Waals surface area contributed by atoms with Crippen molar-refractivity contribution in [3.8, 4) is 0 Å². The minimum atomic E-state index is -3.72. The molecule has 0 aromatic heterocycles. The minimum Gasteiger partial charge on any atom is -0.325 e. The van der Waals surface area contributed by atoms with Gasteiger partial charge >= 0.3 is 0 Å². The molecule has 24 heavy (non-hydrogen) atoms. The summed E-state index contributed by atoms with van der Waals surface area (Å²) in [6, 6.07) is 12.3. The van der Waals surface area contributed by atoms with Gasteiger partial charge in [0.05, 0.1) is 11.4 Å². The molecule has 0 saturated carbocycles. The van der Waals surface area contributed by atoms with Gasteiger partial charge in [0.1, 0.15) is 0 Å². The first-order valence-electron chi connectivity index (χ1n) is 7.29. The van der Waals surface area contributed by atoms with Crippen LogP contribution in [-0.4, -0.2) is 32.2 Å². The standard InChI is InChI=1S/C17H19BrN2O3S/c1-12-4-5-13(2)16(10-12)24(22,23)20(3)11-17(21)19-15-8-6-14(18)7-9-15/h4-10H,11H2,1-3H3,(H,19,21). The van der Waals surface area contributed by atoms with Gasteiger partial charge < -0.3 is 5.32 Å². The van der Waals surface area contributed by atoms with Crippen LogP contribution in [0, 0.1) is 13.8 Å². The lowest BCUT2D eigenvalue weighted by molar-refractivity contribution is -0.116. The Morgan fingerprint density at radius 1 is 1.12 bits per heavy atom. The van der Waals surface area contributed by atoms with Crippen LogP contribution in [0.1, 0.15) is 11.1 Å². The molecular formula is C17H19BrN2O3S. The van der Waals surface area contributed by atoms with E-state index in [1.54, 1.807) is 43.3 Å². The number of halogens is 1. The topological polar surface area (TPSA) is 66.5 Å². The molecule has 7 heteroatoms. The Labute approximate surface area is 150 Å². The summed E-state index contributed by atoms with van der Waals surface area (Å²) in [7, 11) is -2.32. The second kappa shape index (κ2) is 7.46. The Bertz CT molecular complexity index is 849. The van der Waals surface area contributed by atoms with Crippen molar-refractivity contribution < 1.29 is 13.2 Å². The maximum atomic E-state index is 12.7. The highest BCUT2D eigenvalue weighted by Gasteiger charge is 2.24. The van der Waals surface area contributed by atoms with Crippen molar-refractivity contribution in [2.75, 3.05) is 18.9 Å². The van der Waals surface area contributed by atoms with E-state index in [4.69, 9.17) is 0 Å². The average Bonchev–Trinajstić information content (AvgIpc) is 2.51. The van der Waals surface area contributed by atoms with Gasteiger partial charge in [-0.15, -0.1) is 0 Å². The van der Waals surface area contributed by atoms with E-state index in [9.17, 15) is 13.2 Å². The minimum absolute atomic E-state index is 0.224. The predicted octanol–water partition coefficient (Wildman–Crippen LogP) is 3.33. The summed E-state index contributed by atoms with van der Waals surface area (Å²) >= 11 is 3.32. The first-order chi connectivity index (χ1) is 11.2. The van der Waals surface area contributed by atoms with Gasteiger partial charge in [-0.25, -0.2) is 8.42 Å². The third-order valence-electron chi connectivity index (χ3n) is 3.53. The fourth-order valence-corrected chi connectivity index (χ4v) is 3.87. The summed E-state index contributed by atoms with van der Waals surface area (Å²) in [5, 5.41) is 2.68. The SMILES string of the molecule is Cc1ccc(C)c(S(=O)(=O)N(C)CC(=O)Nc2ccc(Br)cc2)c1. The third-order valence-corrected chi connectivity index (χ3v) is 6.00. The van der Waals surface area contributed by atoms with Gasteiger partial charge in [-0.1, -0.05) is 28.1 Å². The predicted molar refractivity (Wildman–Crippen MR) is 98.5 cm³/mol. The molecule has 5 nitrogen and oxygen atoms in total. The van der Waals surface area contributed by atoms with Gasteiger partial charge in [0.2, 0.25) is 15.9 Å². The van der Waals surface area contributed by atoms with Gasteiger partial charge in [-0.2, -0.15) is 4.31 Å². The number of likely N-dealkylation sites (N-methyl/N-ethyl adjacent to an activating group) is 1. The number of carbonyl (C=O) groups excluding carboxylic acids is 1. The largest absolute Gasteiger partial charge is 0.325 e. The Hall–Kier alpha value is -1.70. The van der Waals surface area contributed by atoms with Crippen LogP contribution < -0.4 is 5.32 Å². The molecule has 2 aromatic rings. The summed E-state index contributed by atoms with van der Waals surface area (Å²) in [5.74, 6) is -0.395. The molecule has 0 atom stereocenters. The molecule has 0 radical (unpaired) electrons. The molecule has 0 heterocycles. The fourth-order valence-electron chi connectivity index (χ4n) is 2.17. The van der Waals surface area contributed by atoms with Crippen molar-refractivity contribution in [1.82, 2.24) is 4.31 Å². The third kappa shape index (κ3) is 4.43. The molecule has 0 spiro atoms. The molecule has 2 rings (SSSR count). The Morgan fingerprint density at radius 3 is 2.38 bits per heavy atom. The highest BCUT2D eigenvalue weighted by atomic mass is 79.9. The zero-order valence-electron chi connectivity index (χ0n) is 13.7.